The van der Waals surface area contributed by atoms with Gasteiger partial charge in [-0.2, -0.15) is 0 Å². The van der Waals surface area contributed by atoms with Crippen molar-refractivity contribution in [1.82, 2.24) is 15.2 Å². The molecule has 0 unspecified atom stereocenters. The summed E-state index contributed by atoms with van der Waals surface area (Å²) < 4.78 is 5.65. The average Bonchev–Trinajstić information content (AvgIpc) is 2.87. The molecule has 22 heavy (non-hydrogen) atoms. The van der Waals surface area contributed by atoms with E-state index in [1.807, 2.05) is 13.8 Å². The number of carbonyl (C=O) groups excluding carboxylic acids is 3. The molecule has 1 rings (SSSR count). The van der Waals surface area contributed by atoms with Crippen LogP contribution in [0.2, 0.25) is 0 Å². The van der Waals surface area contributed by atoms with Crippen molar-refractivity contribution < 1.29 is 19.1 Å². The minimum Gasteiger partial charge on any atom is -0.451 e. The highest BCUT2D eigenvalue weighted by Gasteiger charge is 2.18. The monoisotopic (exact) mass is 373 g/mol. The van der Waals surface area contributed by atoms with Gasteiger partial charge in [0.05, 0.1) is 6.54 Å². The molecule has 0 fully saturated rings. The van der Waals surface area contributed by atoms with Crippen molar-refractivity contribution >= 4 is 33.7 Å². The molecule has 0 aliphatic carbocycles. The zero-order valence-electron chi connectivity index (χ0n) is 12.8. The Hall–Kier alpha value is -1.83. The van der Waals surface area contributed by atoms with Crippen LogP contribution in [-0.4, -0.2) is 53.4 Å². The van der Waals surface area contributed by atoms with Gasteiger partial charge in [0.25, 0.3) is 5.91 Å². The molecule has 1 aromatic rings. The first-order valence-electron chi connectivity index (χ1n) is 6.91. The fraction of sp³-hybridized carbons (Fsp3) is 0.500. The fourth-order valence-corrected chi connectivity index (χ4v) is 2.04. The number of nitrogens with zero attached hydrogens (tertiary/aromatic N) is 1. The lowest BCUT2D eigenvalue weighted by Crippen LogP contribution is -2.44. The van der Waals surface area contributed by atoms with Crippen molar-refractivity contribution in [2.75, 3.05) is 19.7 Å². The second-order valence-electron chi connectivity index (χ2n) is 4.94. The van der Waals surface area contributed by atoms with E-state index in [9.17, 15) is 14.4 Å². The number of carbonyl (C=O) groups is 3. The lowest BCUT2D eigenvalue weighted by Gasteiger charge is -2.20. The van der Waals surface area contributed by atoms with E-state index < -0.39 is 18.5 Å². The summed E-state index contributed by atoms with van der Waals surface area (Å²) in [5, 5.41) is 2.71. The molecule has 2 amide bonds. The number of esters is 1. The van der Waals surface area contributed by atoms with Gasteiger partial charge in [0.15, 0.2) is 6.61 Å². The van der Waals surface area contributed by atoms with Crippen molar-refractivity contribution in [2.45, 2.75) is 26.8 Å². The summed E-state index contributed by atoms with van der Waals surface area (Å²) in [6.07, 6.45) is 1.59. The topological polar surface area (TPSA) is 91.5 Å². The van der Waals surface area contributed by atoms with E-state index in [-0.39, 0.29) is 24.2 Å². The maximum atomic E-state index is 12.0. The third-order valence-electron chi connectivity index (χ3n) is 2.71. The van der Waals surface area contributed by atoms with Crippen LogP contribution in [-0.2, 0) is 14.3 Å². The predicted molar refractivity (Wildman–Crippen MR) is 84.3 cm³/mol. The van der Waals surface area contributed by atoms with Crippen molar-refractivity contribution in [1.29, 1.82) is 0 Å². The molecular weight excluding hydrogens is 354 g/mol. The molecule has 0 aliphatic heterocycles. The Bertz CT molecular complexity index is 542. The lowest BCUT2D eigenvalue weighted by molar-refractivity contribution is -0.138. The molecule has 0 aromatic carbocycles. The minimum absolute atomic E-state index is 0.00506. The molecule has 122 valence electrons. The van der Waals surface area contributed by atoms with Crippen molar-refractivity contribution in [3.05, 3.63) is 22.4 Å². The summed E-state index contributed by atoms with van der Waals surface area (Å²) in [5.41, 5.74) is 0.250. The lowest BCUT2D eigenvalue weighted by atomic mass is 10.3. The van der Waals surface area contributed by atoms with Crippen molar-refractivity contribution in [3.63, 3.8) is 0 Å². The molecule has 0 saturated carbocycles. The molecular formula is C14H20BrN3O4. The highest BCUT2D eigenvalue weighted by Crippen LogP contribution is 2.11. The SMILES string of the molecule is CCN(CC(=O)NC(C)C)C(=O)COC(=O)c1cc(Br)c[nH]1. The molecule has 7 nitrogen and oxygen atoms in total. The van der Waals surface area contributed by atoms with Gasteiger partial charge in [-0.25, -0.2) is 4.79 Å². The van der Waals surface area contributed by atoms with Crippen LogP contribution in [0, 0.1) is 0 Å². The number of halogens is 1. The molecule has 1 aromatic heterocycles. The summed E-state index contributed by atoms with van der Waals surface area (Å²) in [6.45, 7) is 5.33. The Kier molecular flexibility index (Phi) is 7.10. The first-order chi connectivity index (χ1) is 10.3. The van der Waals surface area contributed by atoms with E-state index >= 15 is 0 Å². The number of hydrogen-bond donors (Lipinski definition) is 2. The van der Waals surface area contributed by atoms with Gasteiger partial charge in [-0.15, -0.1) is 0 Å². The summed E-state index contributed by atoms with van der Waals surface area (Å²) in [7, 11) is 0. The number of hydrogen-bond acceptors (Lipinski definition) is 4. The summed E-state index contributed by atoms with van der Waals surface area (Å²) in [6, 6.07) is 1.56. The molecule has 8 heteroatoms. The van der Waals surface area contributed by atoms with Crippen LogP contribution in [0.4, 0.5) is 0 Å². The van der Waals surface area contributed by atoms with Gasteiger partial charge in [0.1, 0.15) is 5.69 Å². The first kappa shape index (κ1) is 18.2. The van der Waals surface area contributed by atoms with E-state index in [1.54, 1.807) is 19.2 Å². The third-order valence-corrected chi connectivity index (χ3v) is 3.17. The Morgan fingerprint density at radius 1 is 1.41 bits per heavy atom. The van der Waals surface area contributed by atoms with Gasteiger partial charge < -0.3 is 19.9 Å². The van der Waals surface area contributed by atoms with E-state index in [0.717, 1.165) is 0 Å². The Morgan fingerprint density at radius 2 is 2.09 bits per heavy atom. The molecule has 0 spiro atoms. The standard InChI is InChI=1S/C14H20BrN3O4/c1-4-18(7-12(19)17-9(2)3)13(20)8-22-14(21)11-5-10(15)6-16-11/h5-6,9,16H,4,7-8H2,1-3H3,(H,17,19). The highest BCUT2D eigenvalue weighted by molar-refractivity contribution is 9.10. The number of ether oxygens (including phenoxy) is 1. The molecule has 0 bridgehead atoms. The maximum Gasteiger partial charge on any atom is 0.355 e. The minimum atomic E-state index is -0.623. The molecule has 0 atom stereocenters. The van der Waals surface area contributed by atoms with Gasteiger partial charge >= 0.3 is 5.97 Å². The van der Waals surface area contributed by atoms with Gasteiger partial charge in [0.2, 0.25) is 5.91 Å². The number of amides is 2. The number of aromatic amines is 1. The highest BCUT2D eigenvalue weighted by atomic mass is 79.9. The van der Waals surface area contributed by atoms with Crippen LogP contribution in [0.1, 0.15) is 31.3 Å². The van der Waals surface area contributed by atoms with Crippen LogP contribution in [0.15, 0.2) is 16.7 Å². The van der Waals surface area contributed by atoms with E-state index in [0.29, 0.717) is 11.0 Å². The van der Waals surface area contributed by atoms with Crippen LogP contribution >= 0.6 is 15.9 Å². The van der Waals surface area contributed by atoms with E-state index in [2.05, 4.69) is 26.2 Å². The predicted octanol–water partition coefficient (Wildman–Crippen LogP) is 1.31. The smallest absolute Gasteiger partial charge is 0.355 e. The zero-order chi connectivity index (χ0) is 16.7. The van der Waals surface area contributed by atoms with Crippen LogP contribution in [0.5, 0.6) is 0 Å². The summed E-state index contributed by atoms with van der Waals surface area (Å²) in [4.78, 5) is 39.4. The Morgan fingerprint density at radius 3 is 2.59 bits per heavy atom. The van der Waals surface area contributed by atoms with Gasteiger partial charge in [0, 0.05) is 23.3 Å². The number of rotatable bonds is 7. The first-order valence-corrected chi connectivity index (χ1v) is 7.71. The van der Waals surface area contributed by atoms with E-state index in [1.165, 1.54) is 4.90 Å². The molecule has 0 saturated heterocycles. The summed E-state index contributed by atoms with van der Waals surface area (Å²) in [5.74, 6) is -1.29. The Balaban J connectivity index is 2.48. The van der Waals surface area contributed by atoms with Crippen molar-refractivity contribution in [2.24, 2.45) is 0 Å². The zero-order valence-corrected chi connectivity index (χ0v) is 14.4. The van der Waals surface area contributed by atoms with E-state index in [4.69, 9.17) is 4.74 Å². The quantitative estimate of drug-likeness (QED) is 0.704. The summed E-state index contributed by atoms with van der Waals surface area (Å²) >= 11 is 3.20. The maximum absolute atomic E-state index is 12.0. The Labute approximate surface area is 137 Å². The van der Waals surface area contributed by atoms with Crippen LogP contribution in [0.3, 0.4) is 0 Å². The van der Waals surface area contributed by atoms with Crippen molar-refractivity contribution in [3.8, 4) is 0 Å². The molecule has 0 radical (unpaired) electrons. The van der Waals surface area contributed by atoms with Crippen LogP contribution < -0.4 is 5.32 Å². The third kappa shape index (κ3) is 5.88. The van der Waals surface area contributed by atoms with Crippen LogP contribution in [0.25, 0.3) is 0 Å². The number of nitrogens with one attached hydrogen (secondary N) is 2. The number of H-pyrrole nitrogens is 1. The average molecular weight is 374 g/mol. The normalized spacial score (nSPS) is 10.4. The molecule has 2 N–H and O–H groups in total. The number of aromatic nitrogens is 1. The molecule has 0 aliphatic rings. The molecule has 1 heterocycles. The van der Waals surface area contributed by atoms with Gasteiger partial charge in [-0.1, -0.05) is 0 Å². The number of likely N-dealkylation sites (N-methyl/N-ethyl adjacent to an activating group) is 1. The fourth-order valence-electron chi connectivity index (χ4n) is 1.70. The van der Waals surface area contributed by atoms with Gasteiger partial charge in [-0.3, -0.25) is 9.59 Å². The van der Waals surface area contributed by atoms with Gasteiger partial charge in [-0.05, 0) is 42.8 Å². The second kappa shape index (κ2) is 8.57. The second-order valence-corrected chi connectivity index (χ2v) is 5.85. The largest absolute Gasteiger partial charge is 0.451 e.